The number of nitrogens with zero attached hydrogens (tertiary/aromatic N) is 3. The molecule has 0 saturated carbocycles. The minimum Gasteiger partial charge on any atom is -0.416 e. The molecule has 5 nitrogen and oxygen atoms in total. The van der Waals surface area contributed by atoms with Gasteiger partial charge in [0.15, 0.2) is 5.82 Å². The summed E-state index contributed by atoms with van der Waals surface area (Å²) in [4.78, 5) is 12.1. The smallest absolute Gasteiger partial charge is 0.388 e. The fraction of sp³-hybridized carbons (Fsp3) is 0.231. The second kappa shape index (κ2) is 6.67. The number of rotatable bonds is 5. The Morgan fingerprint density at radius 3 is 2.70 bits per heavy atom. The van der Waals surface area contributed by atoms with Crippen molar-refractivity contribution in [2.45, 2.75) is 13.2 Å². The maximum absolute atomic E-state index is 14.3. The SMILES string of the molecule is C=CCn1c(-c2nn(C)c(OC(F)F)c2Cl)c(F)cc(Cl)c1=O. The van der Waals surface area contributed by atoms with Gasteiger partial charge in [-0.3, -0.25) is 9.36 Å². The average molecular weight is 368 g/mol. The molecular formula is C13H10Cl2F3N3O2. The van der Waals surface area contributed by atoms with Crippen LogP contribution in [0.3, 0.4) is 0 Å². The summed E-state index contributed by atoms with van der Waals surface area (Å²) in [6.45, 7) is 0.250. The summed E-state index contributed by atoms with van der Waals surface area (Å²) in [5, 5.41) is 3.16. The summed E-state index contributed by atoms with van der Waals surface area (Å²) in [6, 6.07) is 0.803. The van der Waals surface area contributed by atoms with Gasteiger partial charge >= 0.3 is 6.61 Å². The highest BCUT2D eigenvalue weighted by Gasteiger charge is 2.25. The first-order valence-electron chi connectivity index (χ1n) is 6.15. The maximum atomic E-state index is 14.3. The van der Waals surface area contributed by atoms with Crippen molar-refractivity contribution < 1.29 is 17.9 Å². The van der Waals surface area contributed by atoms with Crippen LogP contribution in [-0.2, 0) is 13.6 Å². The molecule has 0 radical (unpaired) electrons. The van der Waals surface area contributed by atoms with E-state index in [0.29, 0.717) is 0 Å². The molecule has 0 aliphatic carbocycles. The number of hydrogen-bond donors (Lipinski definition) is 0. The fourth-order valence-corrected chi connectivity index (χ4v) is 2.48. The molecule has 23 heavy (non-hydrogen) atoms. The largest absolute Gasteiger partial charge is 0.416 e. The molecule has 2 aromatic heterocycles. The number of allylic oxidation sites excluding steroid dienone is 1. The number of aromatic nitrogens is 3. The number of hydrogen-bond acceptors (Lipinski definition) is 3. The molecule has 2 aromatic rings. The molecule has 2 heterocycles. The molecule has 2 rings (SSSR count). The quantitative estimate of drug-likeness (QED) is 0.760. The average Bonchev–Trinajstić information content (AvgIpc) is 2.72. The van der Waals surface area contributed by atoms with Crippen LogP contribution < -0.4 is 10.3 Å². The minimum absolute atomic E-state index is 0.0798. The van der Waals surface area contributed by atoms with Crippen LogP contribution in [-0.4, -0.2) is 21.0 Å². The van der Waals surface area contributed by atoms with Crippen molar-refractivity contribution in [1.82, 2.24) is 14.3 Å². The Bertz CT molecular complexity index is 818. The van der Waals surface area contributed by atoms with Gasteiger partial charge in [-0.15, -0.1) is 6.58 Å². The Balaban J connectivity index is 2.75. The second-order valence-corrected chi connectivity index (χ2v) is 5.15. The lowest BCUT2D eigenvalue weighted by Gasteiger charge is -2.11. The van der Waals surface area contributed by atoms with Crippen LogP contribution in [0.15, 0.2) is 23.5 Å². The van der Waals surface area contributed by atoms with Crippen LogP contribution in [0, 0.1) is 5.82 Å². The van der Waals surface area contributed by atoms with E-state index in [4.69, 9.17) is 23.2 Å². The van der Waals surface area contributed by atoms with E-state index in [0.717, 1.165) is 15.3 Å². The molecule has 0 N–H and O–H groups in total. The molecule has 0 unspecified atom stereocenters. The number of halogens is 5. The van der Waals surface area contributed by atoms with Crippen molar-refractivity contribution in [3.05, 3.63) is 44.9 Å². The summed E-state index contributed by atoms with van der Waals surface area (Å²) in [5.41, 5.74) is -1.22. The molecule has 0 saturated heterocycles. The molecule has 0 bridgehead atoms. The highest BCUT2D eigenvalue weighted by atomic mass is 35.5. The van der Waals surface area contributed by atoms with Gasteiger partial charge in [0.25, 0.3) is 5.56 Å². The highest BCUT2D eigenvalue weighted by Crippen LogP contribution is 2.36. The minimum atomic E-state index is -3.14. The molecule has 0 aromatic carbocycles. The van der Waals surface area contributed by atoms with E-state index < -0.39 is 23.9 Å². The standard InChI is InChI=1S/C13H10Cl2F3N3O2/c1-3-4-21-10(7(16)5-6(14)11(21)22)9-8(15)12(20(2)19-9)23-13(17)18/h3,5,13H,1,4H2,2H3. The normalized spacial score (nSPS) is 11.1. The molecule has 0 aliphatic rings. The highest BCUT2D eigenvalue weighted by molar-refractivity contribution is 6.34. The number of alkyl halides is 2. The number of pyridine rings is 1. The van der Waals surface area contributed by atoms with Gasteiger partial charge in [-0.2, -0.15) is 13.9 Å². The Labute approximate surface area is 138 Å². The predicted octanol–water partition coefficient (Wildman–Crippen LogP) is 3.48. The van der Waals surface area contributed by atoms with Crippen LogP contribution in [0.1, 0.15) is 0 Å². The van der Waals surface area contributed by atoms with Gasteiger partial charge in [0.05, 0.1) is 0 Å². The Morgan fingerprint density at radius 1 is 1.48 bits per heavy atom. The third kappa shape index (κ3) is 3.23. The summed E-state index contributed by atoms with van der Waals surface area (Å²) in [5.74, 6) is -1.34. The van der Waals surface area contributed by atoms with E-state index in [2.05, 4.69) is 16.4 Å². The Hall–Kier alpha value is -1.93. The van der Waals surface area contributed by atoms with E-state index in [1.165, 1.54) is 13.1 Å². The lowest BCUT2D eigenvalue weighted by atomic mass is 10.2. The molecule has 10 heteroatoms. The van der Waals surface area contributed by atoms with Crippen molar-refractivity contribution in [2.24, 2.45) is 7.05 Å². The topological polar surface area (TPSA) is 49.0 Å². The van der Waals surface area contributed by atoms with Crippen LogP contribution in [0.4, 0.5) is 13.2 Å². The third-order valence-electron chi connectivity index (χ3n) is 2.88. The Morgan fingerprint density at radius 2 is 2.13 bits per heavy atom. The van der Waals surface area contributed by atoms with Gasteiger partial charge in [0.1, 0.15) is 21.4 Å². The first-order valence-corrected chi connectivity index (χ1v) is 6.90. The van der Waals surface area contributed by atoms with Crippen molar-refractivity contribution in [3.8, 4) is 17.3 Å². The molecule has 0 atom stereocenters. The summed E-state index contributed by atoms with van der Waals surface area (Å²) in [7, 11) is 1.29. The monoisotopic (exact) mass is 367 g/mol. The third-order valence-corrected chi connectivity index (χ3v) is 3.49. The van der Waals surface area contributed by atoms with Crippen molar-refractivity contribution in [1.29, 1.82) is 0 Å². The lowest BCUT2D eigenvalue weighted by molar-refractivity contribution is -0.0552. The van der Waals surface area contributed by atoms with Gasteiger partial charge in [-0.1, -0.05) is 29.3 Å². The van der Waals surface area contributed by atoms with Gasteiger partial charge in [0.2, 0.25) is 5.88 Å². The molecule has 0 spiro atoms. The van der Waals surface area contributed by atoms with Crippen molar-refractivity contribution in [2.75, 3.05) is 0 Å². The lowest BCUT2D eigenvalue weighted by Crippen LogP contribution is -2.23. The number of aryl methyl sites for hydroxylation is 1. The maximum Gasteiger partial charge on any atom is 0.388 e. The zero-order valence-corrected chi connectivity index (χ0v) is 13.2. The van der Waals surface area contributed by atoms with Gasteiger partial charge < -0.3 is 4.74 Å². The van der Waals surface area contributed by atoms with E-state index in [1.54, 1.807) is 0 Å². The van der Waals surface area contributed by atoms with E-state index in [-0.39, 0.29) is 28.0 Å². The molecular weight excluding hydrogens is 358 g/mol. The zero-order chi connectivity index (χ0) is 17.3. The van der Waals surface area contributed by atoms with Gasteiger partial charge in [-0.05, 0) is 0 Å². The van der Waals surface area contributed by atoms with Crippen LogP contribution in [0.25, 0.3) is 11.4 Å². The Kier molecular flexibility index (Phi) is 5.06. The first kappa shape index (κ1) is 17.4. The van der Waals surface area contributed by atoms with Crippen molar-refractivity contribution in [3.63, 3.8) is 0 Å². The van der Waals surface area contributed by atoms with Crippen LogP contribution in [0.5, 0.6) is 5.88 Å². The summed E-state index contributed by atoms with van der Waals surface area (Å²) in [6.07, 6.45) is 1.34. The fourth-order valence-electron chi connectivity index (χ4n) is 1.99. The van der Waals surface area contributed by atoms with Crippen molar-refractivity contribution >= 4 is 23.2 Å². The van der Waals surface area contributed by atoms with Gasteiger partial charge in [0, 0.05) is 19.7 Å². The predicted molar refractivity (Wildman–Crippen MR) is 79.7 cm³/mol. The van der Waals surface area contributed by atoms with E-state index >= 15 is 0 Å². The summed E-state index contributed by atoms with van der Waals surface area (Å²) >= 11 is 11.6. The van der Waals surface area contributed by atoms with E-state index in [1.807, 2.05) is 0 Å². The molecule has 124 valence electrons. The van der Waals surface area contributed by atoms with Crippen LogP contribution in [0.2, 0.25) is 10.0 Å². The van der Waals surface area contributed by atoms with Gasteiger partial charge in [-0.25, -0.2) is 9.07 Å². The summed E-state index contributed by atoms with van der Waals surface area (Å²) < 4.78 is 45.2. The zero-order valence-electron chi connectivity index (χ0n) is 11.7. The van der Waals surface area contributed by atoms with Crippen LogP contribution >= 0.6 is 23.2 Å². The van der Waals surface area contributed by atoms with E-state index in [9.17, 15) is 18.0 Å². The first-order chi connectivity index (χ1) is 10.8. The molecule has 0 amide bonds. The molecule has 0 fully saturated rings. The molecule has 0 aliphatic heterocycles. The number of ether oxygens (including phenoxy) is 1. The second-order valence-electron chi connectivity index (χ2n) is 4.36.